The Bertz CT molecular complexity index is 1000. The fraction of sp³-hybridized carbons (Fsp3) is 0.500. The summed E-state index contributed by atoms with van der Waals surface area (Å²) in [6.07, 6.45) is 3.28. The number of hydrogen-bond acceptors (Lipinski definition) is 5. The second-order valence-corrected chi connectivity index (χ2v) is 8.89. The van der Waals surface area contributed by atoms with Gasteiger partial charge < -0.3 is 4.90 Å². The van der Waals surface area contributed by atoms with E-state index in [4.69, 9.17) is 10.1 Å². The zero-order chi connectivity index (χ0) is 18.5. The molecule has 0 N–H and O–H groups in total. The molecule has 7 heteroatoms. The van der Waals surface area contributed by atoms with E-state index in [1.807, 2.05) is 33.3 Å². The number of rotatable bonds is 4. The van der Waals surface area contributed by atoms with Crippen LogP contribution >= 0.6 is 11.3 Å². The maximum Gasteiger partial charge on any atom is 0.254 e. The van der Waals surface area contributed by atoms with Crippen molar-refractivity contribution in [1.29, 1.82) is 0 Å². The second kappa shape index (κ2) is 6.41. The van der Waals surface area contributed by atoms with Crippen LogP contribution < -0.4 is 0 Å². The van der Waals surface area contributed by atoms with E-state index in [0.29, 0.717) is 18.4 Å². The van der Waals surface area contributed by atoms with Gasteiger partial charge in [-0.15, -0.1) is 11.3 Å². The molecule has 1 amide bonds. The van der Waals surface area contributed by atoms with Crippen LogP contribution in [0.1, 0.15) is 67.1 Å². The number of benzene rings is 1. The number of amides is 1. The summed E-state index contributed by atoms with van der Waals surface area (Å²) < 4.78 is 3.09. The van der Waals surface area contributed by atoms with Crippen molar-refractivity contribution in [2.24, 2.45) is 5.92 Å². The molecule has 0 saturated heterocycles. The van der Waals surface area contributed by atoms with Gasteiger partial charge in [0.05, 0.1) is 28.3 Å². The first-order valence-electron chi connectivity index (χ1n) is 9.69. The summed E-state index contributed by atoms with van der Waals surface area (Å²) in [5.41, 5.74) is 3.50. The molecule has 3 heterocycles. The summed E-state index contributed by atoms with van der Waals surface area (Å²) in [5.74, 6) is 3.02. The SMILES string of the molecule is CC(C)C[C@H]1c2nc(C3CC3)nn2CCN1C(=O)c1ccc2ncsc2c1. The molecule has 1 aliphatic heterocycles. The quantitative estimate of drug-likeness (QED) is 0.685. The molecule has 1 saturated carbocycles. The molecule has 1 aliphatic carbocycles. The van der Waals surface area contributed by atoms with Crippen molar-refractivity contribution < 1.29 is 4.79 Å². The number of carbonyl (C=O) groups excluding carboxylic acids is 1. The average Bonchev–Trinajstić information content (AvgIpc) is 3.24. The molecule has 140 valence electrons. The Hall–Kier alpha value is -2.28. The molecule has 1 fully saturated rings. The minimum atomic E-state index is -0.0107. The van der Waals surface area contributed by atoms with E-state index in [1.54, 1.807) is 11.3 Å². The lowest BCUT2D eigenvalue weighted by molar-refractivity contribution is 0.0578. The van der Waals surface area contributed by atoms with Crippen LogP contribution in [0.15, 0.2) is 23.7 Å². The van der Waals surface area contributed by atoms with Crippen molar-refractivity contribution in [1.82, 2.24) is 24.6 Å². The topological polar surface area (TPSA) is 63.9 Å². The van der Waals surface area contributed by atoms with Crippen LogP contribution in [0.4, 0.5) is 0 Å². The number of hydrogen-bond donors (Lipinski definition) is 0. The molecular weight excluding hydrogens is 358 g/mol. The molecule has 5 rings (SSSR count). The predicted octanol–water partition coefficient (Wildman–Crippen LogP) is 4.01. The van der Waals surface area contributed by atoms with Crippen LogP contribution in [0.5, 0.6) is 0 Å². The molecular formula is C20H23N5OS. The van der Waals surface area contributed by atoms with Gasteiger partial charge in [-0.1, -0.05) is 13.8 Å². The van der Waals surface area contributed by atoms with E-state index in [1.165, 1.54) is 12.8 Å². The maximum absolute atomic E-state index is 13.4. The summed E-state index contributed by atoms with van der Waals surface area (Å²) in [6, 6.07) is 5.79. The Morgan fingerprint density at radius 3 is 2.93 bits per heavy atom. The Kier molecular flexibility index (Phi) is 4.00. The Morgan fingerprint density at radius 1 is 1.30 bits per heavy atom. The van der Waals surface area contributed by atoms with Crippen molar-refractivity contribution in [2.75, 3.05) is 6.54 Å². The normalized spacial score (nSPS) is 19.7. The monoisotopic (exact) mass is 381 g/mol. The van der Waals surface area contributed by atoms with Gasteiger partial charge in [0, 0.05) is 18.0 Å². The van der Waals surface area contributed by atoms with Crippen molar-refractivity contribution in [2.45, 2.75) is 51.6 Å². The van der Waals surface area contributed by atoms with E-state index >= 15 is 0 Å². The van der Waals surface area contributed by atoms with Crippen LogP contribution in [0.25, 0.3) is 10.2 Å². The maximum atomic E-state index is 13.4. The molecule has 0 unspecified atom stereocenters. The molecule has 0 bridgehead atoms. The highest BCUT2D eigenvalue weighted by Crippen LogP contribution is 2.40. The summed E-state index contributed by atoms with van der Waals surface area (Å²) >= 11 is 1.57. The lowest BCUT2D eigenvalue weighted by Crippen LogP contribution is -2.43. The lowest BCUT2D eigenvalue weighted by atomic mass is 9.99. The van der Waals surface area contributed by atoms with Gasteiger partial charge in [-0.2, -0.15) is 5.10 Å². The van der Waals surface area contributed by atoms with Gasteiger partial charge in [0.25, 0.3) is 5.91 Å². The third-order valence-corrected chi connectivity index (χ3v) is 6.21. The van der Waals surface area contributed by atoms with Gasteiger partial charge in [0.2, 0.25) is 0 Å². The Labute approximate surface area is 162 Å². The standard InChI is InChI=1S/C20H23N5OS/c1-12(2)9-16-19-22-18(13-3-4-13)23-25(19)8-7-24(16)20(26)14-5-6-15-17(10-14)27-11-21-15/h5-6,10-13,16H,3-4,7-9H2,1-2H3/t16-/m0/s1. The molecule has 6 nitrogen and oxygen atoms in total. The summed E-state index contributed by atoms with van der Waals surface area (Å²) in [6.45, 7) is 5.79. The van der Waals surface area contributed by atoms with Crippen molar-refractivity contribution in [3.8, 4) is 0 Å². The molecule has 27 heavy (non-hydrogen) atoms. The third kappa shape index (κ3) is 3.04. The summed E-state index contributed by atoms with van der Waals surface area (Å²) in [5, 5.41) is 4.73. The Balaban J connectivity index is 1.50. The molecule has 0 spiro atoms. The minimum Gasteiger partial charge on any atom is -0.327 e. The van der Waals surface area contributed by atoms with Gasteiger partial charge in [-0.05, 0) is 43.4 Å². The first kappa shape index (κ1) is 16.9. The second-order valence-electron chi connectivity index (χ2n) is 8.00. The van der Waals surface area contributed by atoms with Crippen LogP contribution in [0.3, 0.4) is 0 Å². The summed E-state index contributed by atoms with van der Waals surface area (Å²) in [7, 11) is 0. The molecule has 0 radical (unpaired) electrons. The van der Waals surface area contributed by atoms with Gasteiger partial charge in [-0.25, -0.2) is 14.6 Å². The zero-order valence-corrected chi connectivity index (χ0v) is 16.4. The summed E-state index contributed by atoms with van der Waals surface area (Å²) in [4.78, 5) is 24.6. The van der Waals surface area contributed by atoms with Crippen LogP contribution in [0, 0.1) is 5.92 Å². The van der Waals surface area contributed by atoms with Crippen molar-refractivity contribution in [3.63, 3.8) is 0 Å². The highest BCUT2D eigenvalue weighted by atomic mass is 32.1. The first-order valence-corrected chi connectivity index (χ1v) is 10.6. The zero-order valence-electron chi connectivity index (χ0n) is 15.6. The van der Waals surface area contributed by atoms with Crippen LogP contribution in [-0.2, 0) is 6.54 Å². The highest BCUT2D eigenvalue weighted by molar-refractivity contribution is 7.16. The van der Waals surface area contributed by atoms with Crippen molar-refractivity contribution >= 4 is 27.5 Å². The van der Waals surface area contributed by atoms with E-state index in [2.05, 4.69) is 18.8 Å². The lowest BCUT2D eigenvalue weighted by Gasteiger charge is -2.36. The number of thiazole rings is 1. The van der Waals surface area contributed by atoms with Crippen LogP contribution in [0.2, 0.25) is 0 Å². The molecule has 3 aromatic rings. The van der Waals surface area contributed by atoms with Gasteiger partial charge >= 0.3 is 0 Å². The third-order valence-electron chi connectivity index (χ3n) is 5.42. The van der Waals surface area contributed by atoms with E-state index in [9.17, 15) is 4.79 Å². The molecule has 1 aromatic carbocycles. The smallest absolute Gasteiger partial charge is 0.254 e. The van der Waals surface area contributed by atoms with E-state index in [0.717, 1.165) is 40.4 Å². The van der Waals surface area contributed by atoms with Gasteiger partial charge in [0.1, 0.15) is 5.82 Å². The fourth-order valence-electron chi connectivity index (χ4n) is 3.87. The van der Waals surface area contributed by atoms with Crippen LogP contribution in [-0.4, -0.2) is 37.1 Å². The van der Waals surface area contributed by atoms with E-state index in [-0.39, 0.29) is 11.9 Å². The predicted molar refractivity (Wildman–Crippen MR) is 105 cm³/mol. The largest absolute Gasteiger partial charge is 0.327 e. The van der Waals surface area contributed by atoms with Crippen molar-refractivity contribution in [3.05, 3.63) is 40.9 Å². The number of fused-ring (bicyclic) bond motifs is 2. The molecule has 1 atom stereocenters. The highest BCUT2D eigenvalue weighted by Gasteiger charge is 2.37. The number of aromatic nitrogens is 4. The van der Waals surface area contributed by atoms with E-state index < -0.39 is 0 Å². The van der Waals surface area contributed by atoms with Gasteiger partial charge in [-0.3, -0.25) is 4.79 Å². The number of carbonyl (C=O) groups is 1. The number of nitrogens with zero attached hydrogens (tertiary/aromatic N) is 5. The molecule has 2 aromatic heterocycles. The molecule has 2 aliphatic rings. The average molecular weight is 382 g/mol. The first-order chi connectivity index (χ1) is 13.1. The fourth-order valence-corrected chi connectivity index (χ4v) is 4.59. The van der Waals surface area contributed by atoms with Gasteiger partial charge in [0.15, 0.2) is 5.82 Å². The minimum absolute atomic E-state index is 0.0107. The Morgan fingerprint density at radius 2 is 2.15 bits per heavy atom.